The average Bonchev–Trinajstić information content (AvgIpc) is 2.78. The highest BCUT2D eigenvalue weighted by Gasteiger charge is 2.35. The SMILES string of the molecule is CC(=O)C(C(C)=O)C1NCCc2c1[nH]c1ccccc21. The lowest BCUT2D eigenvalue weighted by Crippen LogP contribution is -2.40. The van der Waals surface area contributed by atoms with Crippen molar-refractivity contribution in [1.82, 2.24) is 10.3 Å². The molecule has 4 nitrogen and oxygen atoms in total. The Kier molecular flexibility index (Phi) is 3.18. The fourth-order valence-corrected chi connectivity index (χ4v) is 3.25. The number of aromatic nitrogens is 1. The Bertz CT molecular complexity index is 673. The van der Waals surface area contributed by atoms with Gasteiger partial charge in [0.2, 0.25) is 0 Å². The van der Waals surface area contributed by atoms with Crippen LogP contribution in [0.4, 0.5) is 0 Å². The minimum atomic E-state index is -0.609. The van der Waals surface area contributed by atoms with Crippen LogP contribution in [-0.2, 0) is 16.0 Å². The predicted molar refractivity (Wildman–Crippen MR) is 77.6 cm³/mol. The Morgan fingerprint density at radius 2 is 1.90 bits per heavy atom. The van der Waals surface area contributed by atoms with E-state index in [1.807, 2.05) is 18.2 Å². The highest BCUT2D eigenvalue weighted by Crippen LogP contribution is 2.34. The number of carbonyl (C=O) groups excluding carboxylic acids is 2. The monoisotopic (exact) mass is 270 g/mol. The molecule has 0 bridgehead atoms. The van der Waals surface area contributed by atoms with Crippen LogP contribution in [-0.4, -0.2) is 23.1 Å². The van der Waals surface area contributed by atoms with Crippen molar-refractivity contribution in [2.75, 3.05) is 6.54 Å². The van der Waals surface area contributed by atoms with E-state index in [2.05, 4.69) is 16.4 Å². The van der Waals surface area contributed by atoms with Crippen molar-refractivity contribution in [3.05, 3.63) is 35.5 Å². The molecule has 1 aliphatic heterocycles. The molecule has 104 valence electrons. The van der Waals surface area contributed by atoms with Crippen molar-refractivity contribution >= 4 is 22.5 Å². The number of H-pyrrole nitrogens is 1. The van der Waals surface area contributed by atoms with Crippen LogP contribution in [0.15, 0.2) is 24.3 Å². The van der Waals surface area contributed by atoms with Crippen molar-refractivity contribution in [1.29, 1.82) is 0 Å². The zero-order valence-electron chi connectivity index (χ0n) is 11.7. The van der Waals surface area contributed by atoms with Gasteiger partial charge in [-0.15, -0.1) is 0 Å². The maximum absolute atomic E-state index is 11.8. The van der Waals surface area contributed by atoms with Crippen LogP contribution < -0.4 is 5.32 Å². The third-order valence-electron chi connectivity index (χ3n) is 4.11. The molecule has 2 aromatic rings. The van der Waals surface area contributed by atoms with Crippen molar-refractivity contribution in [2.24, 2.45) is 5.92 Å². The van der Waals surface area contributed by atoms with Gasteiger partial charge in [-0.3, -0.25) is 9.59 Å². The third kappa shape index (κ3) is 1.96. The lowest BCUT2D eigenvalue weighted by atomic mass is 9.85. The smallest absolute Gasteiger partial charge is 0.142 e. The first-order valence-corrected chi connectivity index (χ1v) is 6.93. The van der Waals surface area contributed by atoms with Crippen LogP contribution >= 0.6 is 0 Å². The van der Waals surface area contributed by atoms with Crippen LogP contribution in [0.2, 0.25) is 0 Å². The van der Waals surface area contributed by atoms with Gasteiger partial charge in [0.1, 0.15) is 11.6 Å². The van der Waals surface area contributed by atoms with Crippen LogP contribution in [0.1, 0.15) is 31.1 Å². The van der Waals surface area contributed by atoms with Crippen LogP contribution in [0.3, 0.4) is 0 Å². The molecule has 4 heteroatoms. The number of rotatable bonds is 3. The Morgan fingerprint density at radius 3 is 2.60 bits per heavy atom. The molecule has 0 amide bonds. The lowest BCUT2D eigenvalue weighted by Gasteiger charge is -2.28. The Balaban J connectivity index is 2.14. The van der Waals surface area contributed by atoms with E-state index in [0.717, 1.165) is 24.2 Å². The van der Waals surface area contributed by atoms with Crippen molar-refractivity contribution < 1.29 is 9.59 Å². The van der Waals surface area contributed by atoms with E-state index in [1.54, 1.807) is 0 Å². The average molecular weight is 270 g/mol. The van der Waals surface area contributed by atoms with E-state index in [0.29, 0.717) is 0 Å². The number of aromatic amines is 1. The van der Waals surface area contributed by atoms with Gasteiger partial charge in [0, 0.05) is 16.6 Å². The summed E-state index contributed by atoms with van der Waals surface area (Å²) >= 11 is 0. The molecule has 0 spiro atoms. The molecule has 2 heterocycles. The topological polar surface area (TPSA) is 62.0 Å². The Morgan fingerprint density at radius 1 is 1.20 bits per heavy atom. The number of hydrogen-bond donors (Lipinski definition) is 2. The summed E-state index contributed by atoms with van der Waals surface area (Å²) in [5.41, 5.74) is 3.29. The minimum absolute atomic E-state index is 0.0819. The minimum Gasteiger partial charge on any atom is -0.357 e. The summed E-state index contributed by atoms with van der Waals surface area (Å²) in [6, 6.07) is 7.88. The zero-order chi connectivity index (χ0) is 14.3. The number of para-hydroxylation sites is 1. The summed E-state index contributed by atoms with van der Waals surface area (Å²) in [6.07, 6.45) is 0.915. The number of nitrogens with one attached hydrogen (secondary N) is 2. The van der Waals surface area contributed by atoms with Gasteiger partial charge in [-0.05, 0) is 38.4 Å². The van der Waals surface area contributed by atoms with E-state index < -0.39 is 5.92 Å². The molecule has 0 fully saturated rings. The molecule has 1 aliphatic rings. The summed E-state index contributed by atoms with van der Waals surface area (Å²) in [4.78, 5) is 27.1. The molecule has 2 N–H and O–H groups in total. The molecule has 1 aromatic heterocycles. The zero-order valence-corrected chi connectivity index (χ0v) is 11.7. The van der Waals surface area contributed by atoms with Gasteiger partial charge in [-0.25, -0.2) is 0 Å². The van der Waals surface area contributed by atoms with E-state index in [1.165, 1.54) is 24.8 Å². The van der Waals surface area contributed by atoms with Crippen LogP contribution in [0, 0.1) is 5.92 Å². The van der Waals surface area contributed by atoms with Gasteiger partial charge < -0.3 is 10.3 Å². The number of carbonyl (C=O) groups is 2. The largest absolute Gasteiger partial charge is 0.357 e. The molecule has 0 aliphatic carbocycles. The third-order valence-corrected chi connectivity index (χ3v) is 4.11. The molecule has 1 unspecified atom stereocenters. The van der Waals surface area contributed by atoms with Crippen LogP contribution in [0.25, 0.3) is 10.9 Å². The molecule has 0 radical (unpaired) electrons. The van der Waals surface area contributed by atoms with Gasteiger partial charge in [0.15, 0.2) is 0 Å². The van der Waals surface area contributed by atoms with E-state index in [9.17, 15) is 9.59 Å². The van der Waals surface area contributed by atoms with Gasteiger partial charge in [-0.1, -0.05) is 18.2 Å². The number of benzene rings is 1. The second-order valence-corrected chi connectivity index (χ2v) is 5.44. The highest BCUT2D eigenvalue weighted by molar-refractivity contribution is 6.01. The predicted octanol–water partition coefficient (Wildman–Crippen LogP) is 2.15. The second-order valence-electron chi connectivity index (χ2n) is 5.44. The fraction of sp³-hybridized carbons (Fsp3) is 0.375. The molecular weight excluding hydrogens is 252 g/mol. The standard InChI is InChI=1S/C16H18N2O2/c1-9(19)14(10(2)20)16-15-12(7-8-17-16)11-5-3-4-6-13(11)18-15/h3-6,14,16-18H,7-8H2,1-2H3. The second kappa shape index (κ2) is 4.87. The molecule has 20 heavy (non-hydrogen) atoms. The fourth-order valence-electron chi connectivity index (χ4n) is 3.25. The van der Waals surface area contributed by atoms with Crippen molar-refractivity contribution in [3.8, 4) is 0 Å². The number of fused-ring (bicyclic) bond motifs is 3. The summed E-state index contributed by atoms with van der Waals surface area (Å²) < 4.78 is 0. The van der Waals surface area contributed by atoms with E-state index in [-0.39, 0.29) is 17.6 Å². The maximum Gasteiger partial charge on any atom is 0.142 e. The first kappa shape index (κ1) is 13.1. The van der Waals surface area contributed by atoms with E-state index >= 15 is 0 Å². The Hall–Kier alpha value is -1.94. The summed E-state index contributed by atoms with van der Waals surface area (Å²) in [5.74, 6) is -0.773. The molecule has 1 atom stereocenters. The van der Waals surface area contributed by atoms with Crippen molar-refractivity contribution in [2.45, 2.75) is 26.3 Å². The van der Waals surface area contributed by atoms with Gasteiger partial charge >= 0.3 is 0 Å². The summed E-state index contributed by atoms with van der Waals surface area (Å²) in [6.45, 7) is 3.77. The first-order chi connectivity index (χ1) is 9.59. The van der Waals surface area contributed by atoms with E-state index in [4.69, 9.17) is 0 Å². The van der Waals surface area contributed by atoms with Crippen molar-refractivity contribution in [3.63, 3.8) is 0 Å². The normalized spacial score (nSPS) is 18.2. The summed E-state index contributed by atoms with van der Waals surface area (Å²) in [7, 11) is 0. The molecule has 3 rings (SSSR count). The molecule has 0 saturated carbocycles. The Labute approximate surface area is 117 Å². The number of hydrogen-bond acceptors (Lipinski definition) is 3. The molecule has 1 aromatic carbocycles. The summed E-state index contributed by atoms with van der Waals surface area (Å²) in [5, 5.41) is 4.52. The molecular formula is C16H18N2O2. The van der Waals surface area contributed by atoms with Gasteiger partial charge in [0.25, 0.3) is 0 Å². The quantitative estimate of drug-likeness (QED) is 0.840. The van der Waals surface area contributed by atoms with Crippen LogP contribution in [0.5, 0.6) is 0 Å². The maximum atomic E-state index is 11.8. The molecule has 0 saturated heterocycles. The number of ketones is 2. The number of Topliss-reactive ketones (excluding diaryl/α,β-unsaturated/α-hetero) is 2. The van der Waals surface area contributed by atoms with Gasteiger partial charge in [-0.2, -0.15) is 0 Å². The van der Waals surface area contributed by atoms with Gasteiger partial charge in [0.05, 0.1) is 12.0 Å². The highest BCUT2D eigenvalue weighted by atomic mass is 16.1. The lowest BCUT2D eigenvalue weighted by molar-refractivity contribution is -0.131. The first-order valence-electron chi connectivity index (χ1n) is 6.93.